The van der Waals surface area contributed by atoms with Gasteiger partial charge in [-0.1, -0.05) is 13.8 Å². The zero-order valence-corrected chi connectivity index (χ0v) is 49.7. The van der Waals surface area contributed by atoms with Crippen molar-refractivity contribution in [2.75, 3.05) is 53.3 Å². The third kappa shape index (κ3) is 12.8. The van der Waals surface area contributed by atoms with Gasteiger partial charge in [0.2, 0.25) is 5.72 Å². The van der Waals surface area contributed by atoms with Gasteiger partial charge in [0.05, 0.1) is 51.7 Å². The lowest BCUT2D eigenvalue weighted by molar-refractivity contribution is -0.404. The lowest BCUT2D eigenvalue weighted by Crippen LogP contribution is -2.68. The van der Waals surface area contributed by atoms with Gasteiger partial charge in [-0.05, 0) is 98.7 Å². The van der Waals surface area contributed by atoms with Crippen molar-refractivity contribution in [1.29, 1.82) is 0 Å². The Morgan fingerprint density at radius 2 is 1.10 bits per heavy atom. The maximum Gasteiger partial charge on any atom is 0.354 e. The standard InChI is InChI=1S/C57H93NO30/c1-21(63)34-29(85-54(76)57(77-4)13-22(14-58-57)19-78-49-43(73)39(69)36(66)30(15-59)81-49)12-27-25-6-5-23-11-24(7-9-55(23,2)26(25)8-10-56(27,34)3)80-51-45(75)41(71)46(33(18-62)84-51)86-53-48(88-52-44(74)40(70)37(67)31(16-60)82-52)47(38(68)32(17-61)83-53)87-50-42(72)35(65)28(64)20-79-50/h22-53,58-62,64-75H,5-20H2,1-4H3/t22-,23-,24-,25+,26-,27-,28+,29-,30+,31+,32+,33+,34-,35-,36+,37+,38+,39-,40-,41+,42+,43+,44+,45+,46-,47-,48+,49+,50-,51+,52-,53-,55-,56-,57?/m0/s1. The van der Waals surface area contributed by atoms with Crippen LogP contribution in [0.2, 0.25) is 0 Å². The molecule has 4 aliphatic carbocycles. The Labute approximate surface area is 507 Å². The highest BCUT2D eigenvalue weighted by Gasteiger charge is 2.66. The van der Waals surface area contributed by atoms with E-state index in [0.29, 0.717) is 32.1 Å². The van der Waals surface area contributed by atoms with Crippen molar-refractivity contribution in [1.82, 2.24) is 5.32 Å². The van der Waals surface area contributed by atoms with Crippen LogP contribution in [0.1, 0.15) is 78.6 Å². The Balaban J connectivity index is 0.780. The van der Waals surface area contributed by atoms with Crippen LogP contribution in [-0.4, -0.2) is 312 Å². The zero-order valence-electron chi connectivity index (χ0n) is 49.7. The summed E-state index contributed by atoms with van der Waals surface area (Å²) < 4.78 is 71.3. The minimum atomic E-state index is -2.05. The highest BCUT2D eigenvalue weighted by Crippen LogP contribution is 2.68. The number of aliphatic hydroxyl groups is 16. The Morgan fingerprint density at radius 3 is 1.75 bits per heavy atom. The predicted octanol–water partition coefficient (Wildman–Crippen LogP) is -7.18. The molecule has 10 rings (SSSR count). The summed E-state index contributed by atoms with van der Waals surface area (Å²) in [6.07, 6.45) is -37.1. The summed E-state index contributed by atoms with van der Waals surface area (Å²) in [6, 6.07) is 0. The molecule has 6 saturated heterocycles. The van der Waals surface area contributed by atoms with E-state index >= 15 is 0 Å². The summed E-state index contributed by atoms with van der Waals surface area (Å²) in [4.78, 5) is 28.1. The first kappa shape index (κ1) is 68.9. The van der Waals surface area contributed by atoms with E-state index in [4.69, 9.17) is 56.8 Å². The average molecular weight is 1270 g/mol. The van der Waals surface area contributed by atoms with Crippen molar-refractivity contribution in [2.24, 2.45) is 46.3 Å². The molecular formula is C57H93NO30. The molecule has 6 aliphatic heterocycles. The summed E-state index contributed by atoms with van der Waals surface area (Å²) in [5.74, 6) is -1.09. The number of ether oxygens (including phenoxy) is 12. The molecule has 35 atom stereocenters. The van der Waals surface area contributed by atoms with E-state index < -0.39 is 216 Å². The number of methoxy groups -OCH3 is 1. The number of hydrogen-bond donors (Lipinski definition) is 17. The van der Waals surface area contributed by atoms with Crippen LogP contribution < -0.4 is 5.32 Å². The Morgan fingerprint density at radius 1 is 0.545 bits per heavy atom. The van der Waals surface area contributed by atoms with Crippen molar-refractivity contribution in [2.45, 2.75) is 244 Å². The Bertz CT molecular complexity index is 2330. The number of hydrogen-bond acceptors (Lipinski definition) is 31. The normalized spacial score (nSPS) is 53.2. The van der Waals surface area contributed by atoms with E-state index in [9.17, 15) is 91.3 Å². The van der Waals surface area contributed by atoms with E-state index in [1.54, 1.807) is 6.92 Å². The Hall–Kier alpha value is -1.98. The molecule has 0 aromatic carbocycles. The van der Waals surface area contributed by atoms with E-state index in [2.05, 4.69) is 19.2 Å². The molecule has 17 N–H and O–H groups in total. The first-order valence-electron chi connectivity index (χ1n) is 30.9. The lowest BCUT2D eigenvalue weighted by Gasteiger charge is -2.61. The largest absolute Gasteiger partial charge is 0.458 e. The second-order valence-corrected chi connectivity index (χ2v) is 26.7. The van der Waals surface area contributed by atoms with Crippen LogP contribution in [0.3, 0.4) is 0 Å². The number of ketones is 1. The third-order valence-electron chi connectivity index (χ3n) is 21.7. The zero-order chi connectivity index (χ0) is 63.6. The van der Waals surface area contributed by atoms with Gasteiger partial charge in [-0.15, -0.1) is 0 Å². The summed E-state index contributed by atoms with van der Waals surface area (Å²) in [5.41, 5.74) is -2.24. The van der Waals surface area contributed by atoms with Crippen LogP contribution in [0.5, 0.6) is 0 Å². The molecule has 31 nitrogen and oxygen atoms in total. The number of fused-ring (bicyclic) bond motifs is 5. The molecule has 4 saturated carbocycles. The van der Waals surface area contributed by atoms with Crippen LogP contribution in [0.15, 0.2) is 0 Å². The van der Waals surface area contributed by atoms with Gasteiger partial charge < -0.3 is 139 Å². The van der Waals surface area contributed by atoms with Gasteiger partial charge in [-0.3, -0.25) is 10.1 Å². The van der Waals surface area contributed by atoms with Crippen LogP contribution in [0.25, 0.3) is 0 Å². The van der Waals surface area contributed by atoms with Gasteiger partial charge >= 0.3 is 5.97 Å². The number of carbonyl (C=O) groups excluding carboxylic acids is 2. The van der Waals surface area contributed by atoms with Crippen LogP contribution >= 0.6 is 0 Å². The van der Waals surface area contributed by atoms with Crippen molar-refractivity contribution >= 4 is 11.8 Å². The van der Waals surface area contributed by atoms with Gasteiger partial charge in [-0.25, -0.2) is 4.79 Å². The number of esters is 1. The number of carbonyl (C=O) groups is 2. The van der Waals surface area contributed by atoms with Gasteiger partial charge in [-0.2, -0.15) is 0 Å². The molecule has 506 valence electrons. The van der Waals surface area contributed by atoms with Crippen molar-refractivity contribution in [3.8, 4) is 0 Å². The summed E-state index contributed by atoms with van der Waals surface area (Å²) in [6.45, 7) is 2.36. The molecule has 88 heavy (non-hydrogen) atoms. The van der Waals surface area contributed by atoms with E-state index in [0.717, 1.165) is 19.3 Å². The van der Waals surface area contributed by atoms with Crippen LogP contribution in [0, 0.1) is 46.3 Å². The van der Waals surface area contributed by atoms with Crippen molar-refractivity contribution in [3.05, 3.63) is 0 Å². The van der Waals surface area contributed by atoms with Crippen LogP contribution in [-0.2, 0) is 66.4 Å². The minimum absolute atomic E-state index is 0.0340. The molecule has 6 heterocycles. The molecule has 0 spiro atoms. The van der Waals surface area contributed by atoms with Crippen LogP contribution in [0.4, 0.5) is 0 Å². The topological polar surface area (TPSA) is 481 Å². The quantitative estimate of drug-likeness (QED) is 0.0422. The first-order valence-corrected chi connectivity index (χ1v) is 30.9. The number of rotatable bonds is 19. The van der Waals surface area contributed by atoms with Gasteiger partial charge in [0.15, 0.2) is 31.5 Å². The van der Waals surface area contributed by atoms with E-state index in [1.165, 1.54) is 7.11 Å². The Kier molecular flexibility index (Phi) is 21.7. The molecule has 0 bridgehead atoms. The molecule has 10 fully saturated rings. The van der Waals surface area contributed by atoms with E-state index in [1.807, 2.05) is 0 Å². The third-order valence-corrected chi connectivity index (χ3v) is 21.7. The van der Waals surface area contributed by atoms with E-state index in [-0.39, 0.29) is 60.4 Å². The number of aliphatic hydroxyl groups excluding tert-OH is 16. The lowest BCUT2D eigenvalue weighted by atomic mass is 9.44. The highest BCUT2D eigenvalue weighted by atomic mass is 16.8. The molecule has 31 heteroatoms. The molecule has 0 amide bonds. The molecule has 0 aromatic rings. The first-order chi connectivity index (χ1) is 41.8. The van der Waals surface area contributed by atoms with Crippen molar-refractivity contribution < 1.29 is 148 Å². The number of nitrogens with one attached hydrogen (secondary N) is 1. The fourth-order valence-electron chi connectivity index (χ4n) is 16.7. The second-order valence-electron chi connectivity index (χ2n) is 26.7. The summed E-state index contributed by atoms with van der Waals surface area (Å²) >= 11 is 0. The molecule has 10 aliphatic rings. The van der Waals surface area contributed by atoms with Crippen molar-refractivity contribution in [3.63, 3.8) is 0 Å². The summed E-state index contributed by atoms with van der Waals surface area (Å²) in [5, 5.41) is 174. The molecule has 1 unspecified atom stereocenters. The monoisotopic (exact) mass is 1270 g/mol. The predicted molar refractivity (Wildman–Crippen MR) is 287 cm³/mol. The number of Topliss-reactive ketones (excluding diaryl/α,β-unsaturated/α-hetero) is 1. The summed E-state index contributed by atoms with van der Waals surface area (Å²) in [7, 11) is 1.38. The fraction of sp³-hybridized carbons (Fsp3) is 0.965. The highest BCUT2D eigenvalue weighted by molar-refractivity contribution is 5.83. The molecule has 0 radical (unpaired) electrons. The molecular weight excluding hydrogens is 1180 g/mol. The molecule has 0 aromatic heterocycles. The SMILES string of the molecule is COC1(C(=O)O[C@H]2C[C@H]3[C@@H]4CC[C@H]5C[C@@H](O[C@@H]6O[C@H](CO)[C@H](O[C@@H]7O[C@H](CO)[C@@H](O)[C@H](O[C@@H]8OC[C@@H](O)[C@H](O)[C@H]8O)[C@H]7O[C@@H]7O[C@H](CO)[C@@H](O)[C@H](O)[C@H]7O)[C@H](O)[C@H]6O)CC[C@]5(C)[C@H]4CC[C@]3(C)[C@H]2C(C)=O)C[C@H](CO[C@@H]2O[C@H](CO)[C@@H](O)[C@H](O)[C@H]2O)CN1. The second kappa shape index (κ2) is 27.8. The maximum absolute atomic E-state index is 14.3. The van der Waals surface area contributed by atoms with Gasteiger partial charge in [0.1, 0.15) is 128 Å². The maximum atomic E-state index is 14.3. The minimum Gasteiger partial charge on any atom is -0.458 e. The van der Waals surface area contributed by atoms with Gasteiger partial charge in [0, 0.05) is 20.1 Å². The fourth-order valence-corrected chi connectivity index (χ4v) is 16.7. The average Bonchev–Trinajstić information content (AvgIpc) is 1.45. The smallest absolute Gasteiger partial charge is 0.354 e. The van der Waals surface area contributed by atoms with Gasteiger partial charge in [0.25, 0.3) is 0 Å².